The molecule has 1 aliphatic heterocycles. The lowest BCUT2D eigenvalue weighted by atomic mass is 10.2. The predicted molar refractivity (Wildman–Crippen MR) is 97.0 cm³/mol. The van der Waals surface area contributed by atoms with Gasteiger partial charge in [-0.2, -0.15) is 0 Å². The zero-order chi connectivity index (χ0) is 17.1. The molecule has 1 unspecified atom stereocenters. The third-order valence-electron chi connectivity index (χ3n) is 4.81. The molecule has 0 aliphatic carbocycles. The van der Waals surface area contributed by atoms with Crippen LogP contribution in [0.3, 0.4) is 0 Å². The van der Waals surface area contributed by atoms with Gasteiger partial charge in [0.25, 0.3) is 0 Å². The van der Waals surface area contributed by atoms with Crippen molar-refractivity contribution in [2.45, 2.75) is 45.4 Å². The van der Waals surface area contributed by atoms with Crippen LogP contribution in [0.1, 0.15) is 25.3 Å². The van der Waals surface area contributed by atoms with Gasteiger partial charge in [0.1, 0.15) is 12.4 Å². The van der Waals surface area contributed by atoms with Crippen LogP contribution >= 0.6 is 0 Å². The molecule has 0 amide bonds. The van der Waals surface area contributed by atoms with E-state index in [0.717, 1.165) is 43.7 Å². The zero-order valence-corrected chi connectivity index (χ0v) is 15.0. The summed E-state index contributed by atoms with van der Waals surface area (Å²) < 4.78 is 10.5. The average Bonchev–Trinajstić information content (AvgIpc) is 3.17. The second kappa shape index (κ2) is 7.26. The highest BCUT2D eigenvalue weighted by molar-refractivity contribution is 5.58. The Morgan fingerprint density at radius 1 is 1.42 bits per heavy atom. The molecule has 2 atom stereocenters. The Bertz CT molecular complexity index is 682. The third kappa shape index (κ3) is 4.09. The van der Waals surface area contributed by atoms with Crippen LogP contribution in [0.2, 0.25) is 0 Å². The summed E-state index contributed by atoms with van der Waals surface area (Å²) in [6.45, 7) is 7.25. The SMILES string of the molecule is Cc1cc(N2CCC(O[C@H](C)CCn3cc[n+](C)c3)C2)ccc1N. The van der Waals surface area contributed by atoms with Crippen LogP contribution in [0.4, 0.5) is 11.4 Å². The molecule has 2 N–H and O–H groups in total. The average molecular weight is 329 g/mol. The van der Waals surface area contributed by atoms with Crippen molar-refractivity contribution in [2.75, 3.05) is 23.7 Å². The molecule has 2 aromatic rings. The number of ether oxygens (including phenoxy) is 1. The zero-order valence-electron chi connectivity index (χ0n) is 15.0. The number of benzene rings is 1. The van der Waals surface area contributed by atoms with E-state index in [1.807, 2.05) is 13.1 Å². The lowest BCUT2D eigenvalue weighted by Crippen LogP contribution is -2.26. The first-order chi connectivity index (χ1) is 11.5. The fourth-order valence-electron chi connectivity index (χ4n) is 3.29. The molecule has 130 valence electrons. The molecule has 1 aromatic heterocycles. The van der Waals surface area contributed by atoms with Crippen LogP contribution in [0.25, 0.3) is 0 Å². The van der Waals surface area contributed by atoms with E-state index in [0.29, 0.717) is 6.10 Å². The number of nitrogens with zero attached hydrogens (tertiary/aromatic N) is 3. The van der Waals surface area contributed by atoms with Crippen LogP contribution in [-0.4, -0.2) is 29.9 Å². The monoisotopic (exact) mass is 329 g/mol. The molecule has 5 nitrogen and oxygen atoms in total. The molecule has 2 heterocycles. The molecule has 5 heteroatoms. The van der Waals surface area contributed by atoms with Crippen LogP contribution in [0.5, 0.6) is 0 Å². The van der Waals surface area contributed by atoms with Gasteiger partial charge in [-0.1, -0.05) is 0 Å². The summed E-state index contributed by atoms with van der Waals surface area (Å²) >= 11 is 0. The lowest BCUT2D eigenvalue weighted by Gasteiger charge is -2.21. The van der Waals surface area contributed by atoms with Gasteiger partial charge in [-0.15, -0.1) is 0 Å². The summed E-state index contributed by atoms with van der Waals surface area (Å²) in [5, 5.41) is 0. The van der Waals surface area contributed by atoms with Crippen LogP contribution < -0.4 is 15.2 Å². The Balaban J connectivity index is 1.47. The summed E-state index contributed by atoms with van der Waals surface area (Å²) in [7, 11) is 2.04. The molecule has 1 fully saturated rings. The summed E-state index contributed by atoms with van der Waals surface area (Å²) in [4.78, 5) is 2.40. The van der Waals surface area contributed by atoms with E-state index in [1.165, 1.54) is 5.69 Å². The number of imidazole rings is 1. The summed E-state index contributed by atoms with van der Waals surface area (Å²) in [6.07, 6.45) is 8.99. The van der Waals surface area contributed by atoms with E-state index in [4.69, 9.17) is 10.5 Å². The minimum Gasteiger partial charge on any atom is -0.399 e. The van der Waals surface area contributed by atoms with Crippen molar-refractivity contribution in [1.29, 1.82) is 0 Å². The van der Waals surface area contributed by atoms with Crippen LogP contribution in [-0.2, 0) is 18.3 Å². The van der Waals surface area contributed by atoms with Gasteiger partial charge in [-0.3, -0.25) is 0 Å². The summed E-state index contributed by atoms with van der Waals surface area (Å²) in [5.74, 6) is 0. The van der Waals surface area contributed by atoms with Crippen molar-refractivity contribution in [2.24, 2.45) is 7.05 Å². The Labute approximate surface area is 144 Å². The highest BCUT2D eigenvalue weighted by Crippen LogP contribution is 2.25. The second-order valence-corrected chi connectivity index (χ2v) is 6.95. The molecule has 1 aliphatic rings. The summed E-state index contributed by atoms with van der Waals surface area (Å²) in [5.41, 5.74) is 9.17. The van der Waals surface area contributed by atoms with Crippen molar-refractivity contribution < 1.29 is 9.30 Å². The molecular formula is C19H29N4O+. The summed E-state index contributed by atoms with van der Waals surface area (Å²) in [6, 6.07) is 6.28. The quantitative estimate of drug-likeness (QED) is 0.653. The maximum absolute atomic E-state index is 6.26. The van der Waals surface area contributed by atoms with Crippen molar-refractivity contribution in [3.05, 3.63) is 42.5 Å². The Hall–Kier alpha value is -2.01. The van der Waals surface area contributed by atoms with Gasteiger partial charge in [0, 0.05) is 30.9 Å². The molecule has 24 heavy (non-hydrogen) atoms. The highest BCUT2D eigenvalue weighted by atomic mass is 16.5. The first kappa shape index (κ1) is 16.8. The first-order valence-corrected chi connectivity index (χ1v) is 8.79. The van der Waals surface area contributed by atoms with Gasteiger partial charge in [-0.05, 0) is 44.0 Å². The molecule has 3 rings (SSSR count). The van der Waals surface area contributed by atoms with E-state index >= 15 is 0 Å². The van der Waals surface area contributed by atoms with Crippen molar-refractivity contribution in [1.82, 2.24) is 4.57 Å². The van der Waals surface area contributed by atoms with E-state index < -0.39 is 0 Å². The van der Waals surface area contributed by atoms with Crippen LogP contribution in [0, 0.1) is 6.92 Å². The normalized spacial score (nSPS) is 19.0. The van der Waals surface area contributed by atoms with Gasteiger partial charge in [0.05, 0.1) is 25.8 Å². The van der Waals surface area contributed by atoms with Gasteiger partial charge in [0.2, 0.25) is 6.33 Å². The van der Waals surface area contributed by atoms with Gasteiger partial charge in [0.15, 0.2) is 0 Å². The number of hydrogen-bond acceptors (Lipinski definition) is 3. The smallest absolute Gasteiger partial charge is 0.243 e. The number of nitrogens with two attached hydrogens (primary N) is 1. The van der Waals surface area contributed by atoms with E-state index in [9.17, 15) is 0 Å². The van der Waals surface area contributed by atoms with E-state index in [-0.39, 0.29) is 6.10 Å². The maximum atomic E-state index is 6.26. The second-order valence-electron chi connectivity index (χ2n) is 6.95. The Morgan fingerprint density at radius 2 is 2.25 bits per heavy atom. The molecule has 0 spiro atoms. The van der Waals surface area contributed by atoms with E-state index in [2.05, 4.69) is 58.7 Å². The number of hydrogen-bond donors (Lipinski definition) is 1. The standard InChI is InChI=1S/C19H29N4O/c1-15-12-17(4-5-19(15)20)23-9-7-18(13-23)24-16(2)6-8-22-11-10-21(3)14-22/h4-5,10-12,14,16,18H,6-9,13,20H2,1-3H3/q+1/t16-,18?/m1/s1. The van der Waals surface area contributed by atoms with Crippen molar-refractivity contribution in [3.8, 4) is 0 Å². The Morgan fingerprint density at radius 3 is 2.96 bits per heavy atom. The first-order valence-electron chi connectivity index (χ1n) is 8.79. The number of nitrogen functional groups attached to an aromatic ring is 1. The largest absolute Gasteiger partial charge is 0.399 e. The van der Waals surface area contributed by atoms with Crippen molar-refractivity contribution in [3.63, 3.8) is 0 Å². The number of rotatable bonds is 6. The van der Waals surface area contributed by atoms with Gasteiger partial charge in [-0.25, -0.2) is 9.13 Å². The number of aryl methyl sites for hydroxylation is 3. The van der Waals surface area contributed by atoms with Gasteiger partial charge < -0.3 is 15.4 Å². The molecule has 1 saturated heterocycles. The number of anilines is 2. The fourth-order valence-corrected chi connectivity index (χ4v) is 3.29. The minimum absolute atomic E-state index is 0.274. The molecule has 0 radical (unpaired) electrons. The minimum atomic E-state index is 0.274. The third-order valence-corrected chi connectivity index (χ3v) is 4.81. The highest BCUT2D eigenvalue weighted by Gasteiger charge is 2.25. The fraction of sp³-hybridized carbons (Fsp3) is 0.526. The maximum Gasteiger partial charge on any atom is 0.243 e. The topological polar surface area (TPSA) is 47.3 Å². The van der Waals surface area contributed by atoms with E-state index in [1.54, 1.807) is 0 Å². The van der Waals surface area contributed by atoms with Gasteiger partial charge >= 0.3 is 0 Å². The molecule has 0 bridgehead atoms. The predicted octanol–water partition coefficient (Wildman–Crippen LogP) is 2.28. The molecule has 1 aromatic carbocycles. The molecular weight excluding hydrogens is 300 g/mol. The van der Waals surface area contributed by atoms with Crippen molar-refractivity contribution >= 4 is 11.4 Å². The van der Waals surface area contributed by atoms with Crippen LogP contribution in [0.15, 0.2) is 36.9 Å². The lowest BCUT2D eigenvalue weighted by molar-refractivity contribution is -0.671. The number of aromatic nitrogens is 2. The Kier molecular flexibility index (Phi) is 5.09. The molecule has 0 saturated carbocycles.